The van der Waals surface area contributed by atoms with Crippen LogP contribution < -0.4 is 9.80 Å². The molecule has 1 spiro atoms. The van der Waals surface area contributed by atoms with E-state index in [1.54, 1.807) is 14.7 Å². The number of nitrogens with zero attached hydrogens (tertiary/aromatic N) is 3. The van der Waals surface area contributed by atoms with Gasteiger partial charge >= 0.3 is 6.09 Å². The summed E-state index contributed by atoms with van der Waals surface area (Å²) in [6, 6.07) is 15.2. The molecule has 9 nitrogen and oxygen atoms in total. The van der Waals surface area contributed by atoms with Crippen molar-refractivity contribution in [3.8, 4) is 0 Å². The zero-order valence-corrected chi connectivity index (χ0v) is 21.5. The lowest BCUT2D eigenvalue weighted by Crippen LogP contribution is -2.44. The van der Waals surface area contributed by atoms with Crippen LogP contribution in [0.3, 0.4) is 0 Å². The lowest BCUT2D eigenvalue weighted by atomic mass is 9.83. The summed E-state index contributed by atoms with van der Waals surface area (Å²) in [6.45, 7) is 3.93. The number of carbonyl (C=O) groups is 3. The molecule has 4 atom stereocenters. The van der Waals surface area contributed by atoms with Crippen LogP contribution in [0.4, 0.5) is 16.2 Å². The van der Waals surface area contributed by atoms with Crippen LogP contribution >= 0.6 is 0 Å². The van der Waals surface area contributed by atoms with Gasteiger partial charge in [0.05, 0.1) is 44.0 Å². The van der Waals surface area contributed by atoms with E-state index >= 15 is 0 Å². The Morgan fingerprint density at radius 1 is 1.11 bits per heavy atom. The first-order valence-electron chi connectivity index (χ1n) is 13.4. The Labute approximate surface area is 221 Å². The smallest absolute Gasteiger partial charge is 0.414 e. The van der Waals surface area contributed by atoms with Gasteiger partial charge in [-0.1, -0.05) is 37.3 Å². The van der Waals surface area contributed by atoms with Gasteiger partial charge in [0.25, 0.3) is 5.91 Å². The van der Waals surface area contributed by atoms with Crippen LogP contribution in [-0.2, 0) is 31.2 Å². The number of hydrogen-bond donors (Lipinski definition) is 1. The molecule has 3 fully saturated rings. The number of amides is 3. The van der Waals surface area contributed by atoms with E-state index in [0.717, 1.165) is 35.3 Å². The molecule has 4 heterocycles. The fourth-order valence-electron chi connectivity index (χ4n) is 6.57. The molecule has 0 unspecified atom stereocenters. The van der Waals surface area contributed by atoms with Crippen molar-refractivity contribution in [1.82, 2.24) is 4.90 Å². The van der Waals surface area contributed by atoms with Gasteiger partial charge in [0.2, 0.25) is 5.91 Å². The normalized spacial score (nSPS) is 28.5. The van der Waals surface area contributed by atoms with Crippen molar-refractivity contribution in [2.45, 2.75) is 56.9 Å². The number of benzene rings is 2. The summed E-state index contributed by atoms with van der Waals surface area (Å²) >= 11 is 0. The Bertz CT molecular complexity index is 1250. The van der Waals surface area contributed by atoms with Gasteiger partial charge in [0.1, 0.15) is 6.61 Å². The number of anilines is 2. The summed E-state index contributed by atoms with van der Waals surface area (Å²) in [5.74, 6) is -0.231. The topological polar surface area (TPSA) is 99.6 Å². The molecule has 200 valence electrons. The Morgan fingerprint density at radius 2 is 1.89 bits per heavy atom. The van der Waals surface area contributed by atoms with Crippen LogP contribution in [0, 0.1) is 5.92 Å². The molecule has 2 aromatic rings. The first-order valence-corrected chi connectivity index (χ1v) is 13.4. The molecule has 38 heavy (non-hydrogen) atoms. The Kier molecular flexibility index (Phi) is 6.36. The molecule has 0 aromatic heterocycles. The molecule has 6 rings (SSSR count). The summed E-state index contributed by atoms with van der Waals surface area (Å²) in [6.07, 6.45) is 1.82. The maximum atomic E-state index is 14.1. The Balaban J connectivity index is 1.22. The van der Waals surface area contributed by atoms with Crippen LogP contribution in [-0.4, -0.2) is 66.4 Å². The number of aliphatic hydroxyl groups is 1. The number of fused-ring (bicyclic) bond motifs is 2. The monoisotopic (exact) mass is 519 g/mol. The van der Waals surface area contributed by atoms with E-state index in [-0.39, 0.29) is 49.0 Å². The maximum Gasteiger partial charge on any atom is 0.414 e. The van der Waals surface area contributed by atoms with E-state index < -0.39 is 5.60 Å². The summed E-state index contributed by atoms with van der Waals surface area (Å²) in [5.41, 5.74) is 2.24. The van der Waals surface area contributed by atoms with Gasteiger partial charge < -0.3 is 24.4 Å². The third kappa shape index (κ3) is 3.96. The minimum atomic E-state index is -1.12. The van der Waals surface area contributed by atoms with Gasteiger partial charge in [0, 0.05) is 23.7 Å². The Hall–Kier alpha value is -3.43. The lowest BCUT2D eigenvalue weighted by Gasteiger charge is -2.29. The van der Waals surface area contributed by atoms with E-state index in [4.69, 9.17) is 9.47 Å². The zero-order valence-electron chi connectivity index (χ0n) is 21.5. The highest BCUT2D eigenvalue weighted by molar-refractivity contribution is 6.07. The van der Waals surface area contributed by atoms with Crippen LogP contribution in [0.2, 0.25) is 0 Å². The summed E-state index contributed by atoms with van der Waals surface area (Å²) < 4.78 is 11.6. The first-order chi connectivity index (χ1) is 18.4. The van der Waals surface area contributed by atoms with Crippen LogP contribution in [0.5, 0.6) is 0 Å². The maximum absolute atomic E-state index is 14.1. The highest BCUT2D eigenvalue weighted by Gasteiger charge is 2.60. The molecular weight excluding hydrogens is 486 g/mol. The highest BCUT2D eigenvalue weighted by Crippen LogP contribution is 2.53. The minimum absolute atomic E-state index is 0.0200. The molecule has 4 aliphatic rings. The van der Waals surface area contributed by atoms with Crippen molar-refractivity contribution in [2.75, 3.05) is 36.1 Å². The molecule has 0 bridgehead atoms. The average Bonchev–Trinajstić information content (AvgIpc) is 3.69. The molecule has 3 saturated heterocycles. The molecule has 9 heteroatoms. The van der Waals surface area contributed by atoms with E-state index in [1.165, 1.54) is 0 Å². The van der Waals surface area contributed by atoms with Crippen molar-refractivity contribution in [1.29, 1.82) is 0 Å². The summed E-state index contributed by atoms with van der Waals surface area (Å²) in [5, 5.41) is 9.63. The molecule has 2 aromatic carbocycles. The van der Waals surface area contributed by atoms with E-state index in [1.807, 2.05) is 55.5 Å². The van der Waals surface area contributed by atoms with Crippen LogP contribution in [0.15, 0.2) is 48.5 Å². The molecule has 0 aliphatic carbocycles. The Morgan fingerprint density at radius 3 is 2.63 bits per heavy atom. The number of para-hydroxylation sites is 1. The van der Waals surface area contributed by atoms with Crippen molar-refractivity contribution in [3.05, 3.63) is 59.7 Å². The van der Waals surface area contributed by atoms with Gasteiger partial charge in [-0.05, 0) is 43.0 Å². The van der Waals surface area contributed by atoms with Gasteiger partial charge in [-0.25, -0.2) is 4.79 Å². The number of carbonyl (C=O) groups excluding carboxylic acids is 3. The number of ether oxygens (including phenoxy) is 2. The number of hydrogen-bond acceptors (Lipinski definition) is 6. The second-order valence-corrected chi connectivity index (χ2v) is 10.7. The molecule has 3 amide bonds. The zero-order chi connectivity index (χ0) is 26.4. The van der Waals surface area contributed by atoms with E-state index in [2.05, 4.69) is 0 Å². The van der Waals surface area contributed by atoms with Gasteiger partial charge in [0.15, 0.2) is 5.60 Å². The fourth-order valence-corrected chi connectivity index (χ4v) is 6.57. The van der Waals surface area contributed by atoms with Crippen molar-refractivity contribution in [3.63, 3.8) is 0 Å². The molecule has 0 radical (unpaired) electrons. The lowest BCUT2D eigenvalue weighted by molar-refractivity contribution is -0.150. The van der Waals surface area contributed by atoms with Crippen molar-refractivity contribution >= 4 is 29.3 Å². The van der Waals surface area contributed by atoms with Gasteiger partial charge in [-0.15, -0.1) is 0 Å². The predicted molar refractivity (Wildman–Crippen MR) is 140 cm³/mol. The standard InChI is InChI=1S/C29H33N3O6/c1-19-15-23(16-26(34)30-12-4-5-22(30)18-33)38-29(19)24-6-2-3-7-25(24)32(27(29)35)17-20-8-10-21(11-9-20)31-13-14-37-28(31)36/h2-3,6-11,19,22-23,33H,4-5,12-18H2,1H3/t19-,22+,23-,29+/m1/s1. The van der Waals surface area contributed by atoms with Crippen LogP contribution in [0.25, 0.3) is 0 Å². The van der Waals surface area contributed by atoms with Crippen molar-refractivity contribution in [2.24, 2.45) is 5.92 Å². The van der Waals surface area contributed by atoms with E-state index in [9.17, 15) is 19.5 Å². The summed E-state index contributed by atoms with van der Waals surface area (Å²) in [7, 11) is 0. The molecule has 1 N–H and O–H groups in total. The predicted octanol–water partition coefficient (Wildman–Crippen LogP) is 3.18. The fraction of sp³-hybridized carbons (Fsp3) is 0.483. The van der Waals surface area contributed by atoms with Gasteiger partial charge in [-0.2, -0.15) is 0 Å². The number of rotatable bonds is 6. The quantitative estimate of drug-likeness (QED) is 0.630. The largest absolute Gasteiger partial charge is 0.447 e. The van der Waals surface area contributed by atoms with Crippen molar-refractivity contribution < 1.29 is 29.0 Å². The molecular formula is C29H33N3O6. The third-order valence-corrected chi connectivity index (χ3v) is 8.48. The minimum Gasteiger partial charge on any atom is -0.447 e. The second kappa shape index (κ2) is 9.71. The third-order valence-electron chi connectivity index (χ3n) is 8.48. The highest BCUT2D eigenvalue weighted by atomic mass is 16.6. The second-order valence-electron chi connectivity index (χ2n) is 10.7. The molecule has 4 aliphatic heterocycles. The number of aliphatic hydroxyl groups excluding tert-OH is 1. The van der Waals surface area contributed by atoms with E-state index in [0.29, 0.717) is 32.7 Å². The first kappa shape index (κ1) is 24.9. The SMILES string of the molecule is C[C@@H]1C[C@H](CC(=O)N2CCC[C@H]2CO)O[C@@]12C(=O)N(Cc1ccc(N3CCOC3=O)cc1)c1ccccc12. The number of likely N-dealkylation sites (tertiary alicyclic amines) is 1. The molecule has 0 saturated carbocycles. The van der Waals surface area contributed by atoms with Gasteiger partial charge in [-0.3, -0.25) is 14.5 Å². The van der Waals surface area contributed by atoms with Crippen LogP contribution in [0.1, 0.15) is 43.7 Å². The number of cyclic esters (lactones) is 1. The summed E-state index contributed by atoms with van der Waals surface area (Å²) in [4.78, 5) is 44.2. The average molecular weight is 520 g/mol.